The summed E-state index contributed by atoms with van der Waals surface area (Å²) in [7, 11) is -1.36. The van der Waals surface area contributed by atoms with Gasteiger partial charge < -0.3 is 4.98 Å². The van der Waals surface area contributed by atoms with Gasteiger partial charge in [0.1, 0.15) is 11.4 Å². The molecule has 9 nitrogen and oxygen atoms in total. The summed E-state index contributed by atoms with van der Waals surface area (Å²) in [5, 5.41) is 4.63. The van der Waals surface area contributed by atoms with Crippen LogP contribution in [0, 0.1) is 6.92 Å². The van der Waals surface area contributed by atoms with Crippen molar-refractivity contribution in [2.45, 2.75) is 26.9 Å². The van der Waals surface area contributed by atoms with Gasteiger partial charge in [0.15, 0.2) is 5.82 Å². The Labute approximate surface area is 186 Å². The van der Waals surface area contributed by atoms with Crippen LogP contribution >= 0.6 is 0 Å². The summed E-state index contributed by atoms with van der Waals surface area (Å²) in [5.41, 5.74) is 6.70. The van der Waals surface area contributed by atoms with E-state index in [1.807, 2.05) is 50.5 Å². The van der Waals surface area contributed by atoms with Gasteiger partial charge in [-0.3, -0.25) is 14.6 Å². The molecule has 32 heavy (non-hydrogen) atoms. The van der Waals surface area contributed by atoms with Crippen LogP contribution in [-0.2, 0) is 30.2 Å². The number of hydrogen-bond acceptors (Lipinski definition) is 6. The zero-order valence-electron chi connectivity index (χ0n) is 18.1. The highest BCUT2D eigenvalue weighted by Crippen LogP contribution is 2.32. The molecule has 0 aromatic carbocycles. The fourth-order valence-electron chi connectivity index (χ4n) is 3.90. The van der Waals surface area contributed by atoms with Crippen LogP contribution in [0.2, 0.25) is 0 Å². The van der Waals surface area contributed by atoms with Crippen molar-refractivity contribution in [3.05, 3.63) is 59.8 Å². The zero-order valence-corrected chi connectivity index (χ0v) is 18.9. The maximum absolute atomic E-state index is 12.2. The van der Waals surface area contributed by atoms with Crippen molar-refractivity contribution in [1.29, 1.82) is 0 Å². The lowest BCUT2D eigenvalue weighted by molar-refractivity contribution is 0.427. The molecule has 0 radical (unpaired) electrons. The van der Waals surface area contributed by atoms with Crippen molar-refractivity contribution >= 4 is 10.0 Å². The van der Waals surface area contributed by atoms with E-state index in [2.05, 4.69) is 25.0 Å². The lowest BCUT2D eigenvalue weighted by Crippen LogP contribution is -2.27. The molecule has 164 valence electrons. The second-order valence-corrected chi connectivity index (χ2v) is 10.1. The minimum atomic E-state index is -3.25. The first kappa shape index (κ1) is 20.5. The average Bonchev–Trinajstić information content (AvgIpc) is 3.47. The van der Waals surface area contributed by atoms with Crippen molar-refractivity contribution < 1.29 is 8.42 Å². The van der Waals surface area contributed by atoms with Crippen LogP contribution in [0.3, 0.4) is 0 Å². The molecule has 4 aromatic heterocycles. The SMILES string of the molecule is CCS(=O)(=O)N1Cc2nc(-c3cc(-c4cn(C)nc4-c4cccc(C)n4)ccn3)[nH]c2C1. The van der Waals surface area contributed by atoms with E-state index in [-0.39, 0.29) is 12.3 Å². The molecule has 0 spiro atoms. The number of fused-ring (bicyclic) bond motifs is 1. The number of sulfonamides is 1. The molecule has 5 heterocycles. The Kier molecular flexibility index (Phi) is 4.90. The first-order chi connectivity index (χ1) is 15.3. The number of rotatable bonds is 5. The van der Waals surface area contributed by atoms with E-state index in [1.54, 1.807) is 17.8 Å². The predicted molar refractivity (Wildman–Crippen MR) is 121 cm³/mol. The molecule has 0 aliphatic carbocycles. The van der Waals surface area contributed by atoms with E-state index in [9.17, 15) is 8.42 Å². The van der Waals surface area contributed by atoms with Gasteiger partial charge in [0, 0.05) is 30.7 Å². The van der Waals surface area contributed by atoms with Crippen LogP contribution in [0.5, 0.6) is 0 Å². The third-order valence-electron chi connectivity index (χ3n) is 5.56. The van der Waals surface area contributed by atoms with E-state index in [0.29, 0.717) is 18.1 Å². The summed E-state index contributed by atoms with van der Waals surface area (Å²) in [6.45, 7) is 4.20. The van der Waals surface area contributed by atoms with E-state index in [1.165, 1.54) is 4.31 Å². The number of H-pyrrole nitrogens is 1. The molecule has 0 atom stereocenters. The number of pyridine rings is 2. The lowest BCUT2D eigenvalue weighted by Gasteiger charge is -2.13. The van der Waals surface area contributed by atoms with Crippen molar-refractivity contribution in [3.8, 4) is 34.0 Å². The number of hydrogen-bond donors (Lipinski definition) is 1. The highest BCUT2D eigenvalue weighted by atomic mass is 32.2. The monoisotopic (exact) mass is 449 g/mol. The molecular weight excluding hydrogens is 426 g/mol. The second-order valence-electron chi connectivity index (χ2n) is 7.84. The Bertz CT molecular complexity index is 1400. The molecule has 0 fully saturated rings. The molecule has 0 unspecified atom stereocenters. The molecule has 1 aliphatic rings. The molecule has 0 saturated carbocycles. The first-order valence-electron chi connectivity index (χ1n) is 10.3. The Morgan fingerprint density at radius 2 is 1.97 bits per heavy atom. The van der Waals surface area contributed by atoms with Gasteiger partial charge in [-0.15, -0.1) is 0 Å². The fourth-order valence-corrected chi connectivity index (χ4v) is 4.91. The summed E-state index contributed by atoms with van der Waals surface area (Å²) in [6.07, 6.45) is 3.71. The number of aromatic amines is 1. The Hall–Kier alpha value is -3.37. The van der Waals surface area contributed by atoms with E-state index >= 15 is 0 Å². The minimum absolute atomic E-state index is 0.0803. The minimum Gasteiger partial charge on any atom is -0.339 e. The average molecular weight is 450 g/mol. The quantitative estimate of drug-likeness (QED) is 0.502. The molecule has 4 aromatic rings. The summed E-state index contributed by atoms with van der Waals surface area (Å²) in [5.74, 6) is 0.710. The van der Waals surface area contributed by atoms with Gasteiger partial charge >= 0.3 is 0 Å². The number of nitrogens with one attached hydrogen (secondary N) is 1. The molecular formula is C22H23N7O2S. The molecule has 1 aliphatic heterocycles. The van der Waals surface area contributed by atoms with E-state index in [0.717, 1.165) is 39.6 Å². The summed E-state index contributed by atoms with van der Waals surface area (Å²) in [4.78, 5) is 17.0. The molecule has 5 rings (SSSR count). The van der Waals surface area contributed by atoms with E-state index < -0.39 is 10.0 Å². The summed E-state index contributed by atoms with van der Waals surface area (Å²) < 4.78 is 27.5. The Balaban J connectivity index is 1.49. The summed E-state index contributed by atoms with van der Waals surface area (Å²) in [6, 6.07) is 9.78. The van der Waals surface area contributed by atoms with Crippen LogP contribution < -0.4 is 0 Å². The van der Waals surface area contributed by atoms with Gasteiger partial charge in [-0.25, -0.2) is 13.4 Å². The topological polar surface area (TPSA) is 110 Å². The molecule has 1 N–H and O–H groups in total. The third-order valence-corrected chi connectivity index (χ3v) is 7.33. The van der Waals surface area contributed by atoms with Crippen molar-refractivity contribution in [3.63, 3.8) is 0 Å². The van der Waals surface area contributed by atoms with Crippen molar-refractivity contribution in [2.75, 3.05) is 5.75 Å². The highest BCUT2D eigenvalue weighted by Gasteiger charge is 2.31. The third kappa shape index (κ3) is 3.61. The summed E-state index contributed by atoms with van der Waals surface area (Å²) >= 11 is 0. The molecule has 10 heteroatoms. The lowest BCUT2D eigenvalue weighted by atomic mass is 10.0. The van der Waals surface area contributed by atoms with Gasteiger partial charge in [-0.2, -0.15) is 9.40 Å². The van der Waals surface area contributed by atoms with Gasteiger partial charge in [0.25, 0.3) is 0 Å². The van der Waals surface area contributed by atoms with Crippen LogP contribution in [0.4, 0.5) is 0 Å². The molecule has 0 saturated heterocycles. The van der Waals surface area contributed by atoms with E-state index in [4.69, 9.17) is 0 Å². The first-order valence-corrected chi connectivity index (χ1v) is 11.9. The van der Waals surface area contributed by atoms with Gasteiger partial charge in [0.2, 0.25) is 10.0 Å². The van der Waals surface area contributed by atoms with Crippen molar-refractivity contribution in [1.82, 2.24) is 34.0 Å². The molecule has 0 amide bonds. The zero-order chi connectivity index (χ0) is 22.5. The van der Waals surface area contributed by atoms with Crippen LogP contribution in [0.1, 0.15) is 24.0 Å². The van der Waals surface area contributed by atoms with Crippen molar-refractivity contribution in [2.24, 2.45) is 7.05 Å². The van der Waals surface area contributed by atoms with Crippen LogP contribution in [0.25, 0.3) is 34.0 Å². The normalized spacial score (nSPS) is 14.1. The smallest absolute Gasteiger partial charge is 0.214 e. The van der Waals surface area contributed by atoms with Gasteiger partial charge in [0.05, 0.1) is 35.9 Å². The predicted octanol–water partition coefficient (Wildman–Crippen LogP) is 2.91. The van der Waals surface area contributed by atoms with Gasteiger partial charge in [-0.05, 0) is 43.7 Å². The second kappa shape index (κ2) is 7.64. The maximum atomic E-state index is 12.2. The number of imidazole rings is 1. The maximum Gasteiger partial charge on any atom is 0.214 e. The van der Waals surface area contributed by atoms with Crippen LogP contribution in [0.15, 0.2) is 42.7 Å². The molecule has 0 bridgehead atoms. The Morgan fingerprint density at radius 3 is 2.72 bits per heavy atom. The standard InChI is InChI=1S/C22H23N7O2S/c1-4-32(30,31)29-12-19-20(13-29)26-22(25-19)18-10-15(8-9-23-18)16-11-28(3)27-21(16)17-7-5-6-14(2)24-17/h5-11H,4,12-13H2,1-3H3,(H,25,26). The van der Waals surface area contributed by atoms with Crippen LogP contribution in [-0.4, -0.2) is 48.2 Å². The Morgan fingerprint density at radius 1 is 1.12 bits per heavy atom. The fraction of sp³-hybridized carbons (Fsp3) is 0.273. The van der Waals surface area contributed by atoms with Gasteiger partial charge in [-0.1, -0.05) is 6.07 Å². The highest BCUT2D eigenvalue weighted by molar-refractivity contribution is 7.89. The largest absolute Gasteiger partial charge is 0.339 e. The number of aromatic nitrogens is 6. The number of nitrogens with zero attached hydrogens (tertiary/aromatic N) is 6. The number of aryl methyl sites for hydroxylation is 2.